The van der Waals surface area contributed by atoms with Gasteiger partial charge in [-0.2, -0.15) is 0 Å². The Balaban J connectivity index is 1.97. The van der Waals surface area contributed by atoms with E-state index in [1.807, 2.05) is 12.1 Å². The zero-order valence-corrected chi connectivity index (χ0v) is 12.5. The monoisotopic (exact) mass is 295 g/mol. The van der Waals surface area contributed by atoms with Crippen molar-refractivity contribution in [1.82, 2.24) is 4.98 Å². The van der Waals surface area contributed by atoms with E-state index in [0.717, 1.165) is 0 Å². The Morgan fingerprint density at radius 2 is 2.05 bits per heavy atom. The van der Waals surface area contributed by atoms with Crippen molar-refractivity contribution in [3.05, 3.63) is 24.3 Å². The van der Waals surface area contributed by atoms with Crippen molar-refractivity contribution in [2.24, 2.45) is 0 Å². The Morgan fingerprint density at radius 3 is 2.70 bits per heavy atom. The van der Waals surface area contributed by atoms with Gasteiger partial charge in [-0.05, 0) is 32.9 Å². The smallest absolute Gasteiger partial charge is 0.307 e. The molecule has 20 heavy (non-hydrogen) atoms. The van der Waals surface area contributed by atoms with Gasteiger partial charge < -0.3 is 9.15 Å². The molecule has 0 spiro atoms. The number of hydrogen-bond donors (Lipinski definition) is 0. The lowest BCUT2D eigenvalue weighted by Crippen LogP contribution is -2.24. The van der Waals surface area contributed by atoms with Crippen molar-refractivity contribution < 1.29 is 18.2 Å². The minimum atomic E-state index is -1.44. The van der Waals surface area contributed by atoms with Gasteiger partial charge in [0.15, 0.2) is 5.58 Å². The van der Waals surface area contributed by atoms with Crippen molar-refractivity contribution in [2.75, 3.05) is 5.75 Å². The van der Waals surface area contributed by atoms with Crippen molar-refractivity contribution in [1.29, 1.82) is 0 Å². The number of hydrogen-bond acceptors (Lipinski definition) is 5. The molecule has 0 radical (unpaired) electrons. The first kappa shape index (κ1) is 14.7. The molecule has 1 unspecified atom stereocenters. The van der Waals surface area contributed by atoms with Gasteiger partial charge in [-0.1, -0.05) is 12.1 Å². The molecule has 1 aromatic heterocycles. The van der Waals surface area contributed by atoms with Crippen LogP contribution in [-0.2, 0) is 20.3 Å². The van der Waals surface area contributed by atoms with E-state index in [4.69, 9.17) is 9.15 Å². The van der Waals surface area contributed by atoms with Gasteiger partial charge in [0.1, 0.15) is 21.9 Å². The summed E-state index contributed by atoms with van der Waals surface area (Å²) in [6.45, 7) is 5.38. The van der Waals surface area contributed by atoms with Crippen LogP contribution in [0.25, 0.3) is 11.1 Å². The van der Waals surface area contributed by atoms with Gasteiger partial charge in [0, 0.05) is 5.75 Å². The summed E-state index contributed by atoms with van der Waals surface area (Å²) in [6.07, 6.45) is 0.0720. The van der Waals surface area contributed by atoms with Crippen LogP contribution in [0.15, 0.2) is 33.9 Å². The average Bonchev–Trinajstić information content (AvgIpc) is 2.77. The molecule has 0 saturated carbocycles. The van der Waals surface area contributed by atoms with E-state index in [1.54, 1.807) is 32.9 Å². The predicted octanol–water partition coefficient (Wildman–Crippen LogP) is 2.67. The zero-order chi connectivity index (χ0) is 14.8. The third-order valence-corrected chi connectivity index (χ3v) is 3.52. The first-order valence-corrected chi connectivity index (χ1v) is 7.63. The maximum Gasteiger partial charge on any atom is 0.307 e. The van der Waals surface area contributed by atoms with Crippen LogP contribution in [0.3, 0.4) is 0 Å². The van der Waals surface area contributed by atoms with E-state index >= 15 is 0 Å². The second-order valence-electron chi connectivity index (χ2n) is 5.33. The molecule has 5 nitrogen and oxygen atoms in total. The van der Waals surface area contributed by atoms with Crippen LogP contribution >= 0.6 is 0 Å². The minimum Gasteiger partial charge on any atom is -0.460 e. The van der Waals surface area contributed by atoms with Crippen LogP contribution < -0.4 is 0 Å². The SMILES string of the molecule is CC(C)(C)OC(=O)CCS(=O)c1nc2ccccc2o1. The standard InChI is InChI=1S/C14H17NO4S/c1-14(2,3)19-12(16)8-9-20(17)13-15-10-6-4-5-7-11(10)18-13/h4-7H,8-9H2,1-3H3. The summed E-state index contributed by atoms with van der Waals surface area (Å²) < 4.78 is 22.6. The Kier molecular flexibility index (Phi) is 4.23. The number of oxazole rings is 1. The molecule has 1 heterocycles. The maximum absolute atomic E-state index is 12.0. The molecule has 0 fully saturated rings. The molecule has 2 aromatic rings. The fourth-order valence-corrected chi connectivity index (χ4v) is 2.51. The summed E-state index contributed by atoms with van der Waals surface area (Å²) in [5.74, 6) is -0.233. The summed E-state index contributed by atoms with van der Waals surface area (Å²) in [5.41, 5.74) is 0.720. The number of benzene rings is 1. The second-order valence-corrected chi connectivity index (χ2v) is 6.78. The summed E-state index contributed by atoms with van der Waals surface area (Å²) in [4.78, 5) is 15.7. The van der Waals surface area contributed by atoms with Gasteiger partial charge >= 0.3 is 5.97 Å². The molecular formula is C14H17NO4S. The van der Waals surface area contributed by atoms with Crippen LogP contribution in [0.2, 0.25) is 0 Å². The van der Waals surface area contributed by atoms with Crippen molar-refractivity contribution >= 4 is 27.9 Å². The van der Waals surface area contributed by atoms with Crippen LogP contribution in [0, 0.1) is 0 Å². The maximum atomic E-state index is 12.0. The van der Waals surface area contributed by atoms with Gasteiger partial charge in [-0.3, -0.25) is 4.79 Å². The molecule has 0 bridgehead atoms. The molecule has 0 aliphatic heterocycles. The molecule has 0 N–H and O–H groups in total. The Labute approximate surface area is 119 Å². The fourth-order valence-electron chi connectivity index (χ4n) is 1.60. The molecular weight excluding hydrogens is 278 g/mol. The van der Waals surface area contributed by atoms with Crippen molar-refractivity contribution in [3.8, 4) is 0 Å². The van der Waals surface area contributed by atoms with E-state index in [-0.39, 0.29) is 23.4 Å². The van der Waals surface area contributed by atoms with Crippen LogP contribution in [-0.4, -0.2) is 26.5 Å². The topological polar surface area (TPSA) is 69.4 Å². The highest BCUT2D eigenvalue weighted by atomic mass is 32.2. The van der Waals surface area contributed by atoms with Gasteiger partial charge in [-0.15, -0.1) is 0 Å². The number of carbonyl (C=O) groups is 1. The molecule has 0 saturated heterocycles. The number of esters is 1. The normalized spacial score (nSPS) is 13.3. The Morgan fingerprint density at radius 1 is 1.35 bits per heavy atom. The van der Waals surface area contributed by atoms with Gasteiger partial charge in [0.2, 0.25) is 0 Å². The van der Waals surface area contributed by atoms with Crippen LogP contribution in [0.5, 0.6) is 0 Å². The Hall–Kier alpha value is -1.69. The van der Waals surface area contributed by atoms with Crippen LogP contribution in [0.4, 0.5) is 0 Å². The summed E-state index contributed by atoms with van der Waals surface area (Å²) >= 11 is 0. The van der Waals surface area contributed by atoms with Crippen LogP contribution in [0.1, 0.15) is 27.2 Å². The fraction of sp³-hybridized carbons (Fsp3) is 0.429. The van der Waals surface area contributed by atoms with E-state index in [1.165, 1.54) is 0 Å². The van der Waals surface area contributed by atoms with Gasteiger partial charge in [0.05, 0.1) is 6.42 Å². The Bertz CT molecular complexity index is 609. The molecule has 1 aromatic carbocycles. The van der Waals surface area contributed by atoms with Crippen molar-refractivity contribution in [3.63, 3.8) is 0 Å². The number of rotatable bonds is 4. The molecule has 108 valence electrons. The average molecular weight is 295 g/mol. The summed E-state index contributed by atoms with van der Waals surface area (Å²) in [5, 5.41) is 0.148. The molecule has 6 heteroatoms. The molecule has 2 rings (SSSR count). The number of fused-ring (bicyclic) bond motifs is 1. The van der Waals surface area contributed by atoms with Gasteiger partial charge in [0.25, 0.3) is 5.22 Å². The highest BCUT2D eigenvalue weighted by Crippen LogP contribution is 2.18. The first-order valence-electron chi connectivity index (χ1n) is 6.31. The quantitative estimate of drug-likeness (QED) is 0.811. The predicted molar refractivity (Wildman–Crippen MR) is 75.7 cm³/mol. The zero-order valence-electron chi connectivity index (χ0n) is 11.7. The highest BCUT2D eigenvalue weighted by molar-refractivity contribution is 7.84. The summed E-state index contributed by atoms with van der Waals surface area (Å²) in [7, 11) is -1.44. The molecule has 0 aliphatic rings. The molecule has 0 aliphatic carbocycles. The number of carbonyl (C=O) groups excluding carboxylic acids is 1. The highest BCUT2D eigenvalue weighted by Gasteiger charge is 2.19. The lowest BCUT2D eigenvalue weighted by atomic mass is 10.2. The van der Waals surface area contributed by atoms with E-state index in [9.17, 15) is 9.00 Å². The third kappa shape index (κ3) is 3.90. The largest absolute Gasteiger partial charge is 0.460 e. The molecule has 1 atom stereocenters. The third-order valence-electron chi connectivity index (χ3n) is 2.38. The van der Waals surface area contributed by atoms with E-state index in [0.29, 0.717) is 11.1 Å². The number of para-hydroxylation sites is 2. The number of ether oxygens (including phenoxy) is 1. The van der Waals surface area contributed by atoms with E-state index in [2.05, 4.69) is 4.98 Å². The lowest BCUT2D eigenvalue weighted by molar-refractivity contribution is -0.154. The lowest BCUT2D eigenvalue weighted by Gasteiger charge is -2.19. The second kappa shape index (κ2) is 5.75. The first-order chi connectivity index (χ1) is 9.35. The minimum absolute atomic E-state index is 0.0720. The van der Waals surface area contributed by atoms with E-state index < -0.39 is 16.4 Å². The number of aromatic nitrogens is 1. The van der Waals surface area contributed by atoms with Gasteiger partial charge in [-0.25, -0.2) is 9.19 Å². The summed E-state index contributed by atoms with van der Waals surface area (Å²) in [6, 6.07) is 7.20. The molecule has 0 amide bonds. The van der Waals surface area contributed by atoms with Crippen molar-refractivity contribution in [2.45, 2.75) is 38.0 Å². The number of nitrogens with zero attached hydrogens (tertiary/aromatic N) is 1.